The Morgan fingerprint density at radius 2 is 1.64 bits per heavy atom. The lowest BCUT2D eigenvalue weighted by atomic mass is 10.2. The first kappa shape index (κ1) is 16.0. The van der Waals surface area contributed by atoms with Crippen molar-refractivity contribution in [2.75, 3.05) is 26.8 Å². The summed E-state index contributed by atoms with van der Waals surface area (Å²) >= 11 is 6.05. The van der Waals surface area contributed by atoms with Crippen molar-refractivity contribution >= 4 is 23.5 Å². The topological polar surface area (TPSA) is 52.1 Å². The summed E-state index contributed by atoms with van der Waals surface area (Å²) in [5.41, 5.74) is 4.42. The van der Waals surface area contributed by atoms with Gasteiger partial charge in [0.15, 0.2) is 11.5 Å². The normalized spacial score (nSPS) is 10.5. The minimum Gasteiger partial charge on any atom is -0.493 e. The van der Waals surface area contributed by atoms with Crippen LogP contribution in [0.4, 0.5) is 5.69 Å². The van der Waals surface area contributed by atoms with Gasteiger partial charge < -0.3 is 14.2 Å². The minimum atomic E-state index is 0.543. The Kier molecular flexibility index (Phi) is 5.49. The molecular formula is C16H17ClN2O3. The Bertz CT molecular complexity index is 649. The highest BCUT2D eigenvalue weighted by Crippen LogP contribution is 2.37. The van der Waals surface area contributed by atoms with Gasteiger partial charge in [0, 0.05) is 5.56 Å². The van der Waals surface area contributed by atoms with Crippen LogP contribution in [0.25, 0.3) is 0 Å². The quantitative estimate of drug-likeness (QED) is 0.649. The maximum absolute atomic E-state index is 6.05. The van der Waals surface area contributed by atoms with Crippen LogP contribution in [0, 0.1) is 0 Å². The van der Waals surface area contributed by atoms with E-state index in [9.17, 15) is 0 Å². The molecule has 6 heteroatoms. The van der Waals surface area contributed by atoms with E-state index in [0.717, 1.165) is 11.3 Å². The lowest BCUT2D eigenvalue weighted by Gasteiger charge is -2.12. The standard InChI is InChI=1S/C16H17ClN2O3/c1-20-14-8-11(9-15(21-2)16(14)22-3)10-18-19-13-7-5-4-6-12(13)17/h4-10,19H,1-3H3/b18-10+. The van der Waals surface area contributed by atoms with E-state index in [1.165, 1.54) is 0 Å². The molecule has 116 valence electrons. The number of nitrogens with zero attached hydrogens (tertiary/aromatic N) is 1. The molecule has 0 saturated heterocycles. The molecule has 5 nitrogen and oxygen atoms in total. The van der Waals surface area contributed by atoms with E-state index in [1.807, 2.05) is 18.2 Å². The summed E-state index contributed by atoms with van der Waals surface area (Å²) in [6, 6.07) is 11.0. The number of ether oxygens (including phenoxy) is 3. The summed E-state index contributed by atoms with van der Waals surface area (Å²) in [7, 11) is 4.70. The first-order valence-corrected chi connectivity index (χ1v) is 6.91. The average molecular weight is 321 g/mol. The highest BCUT2D eigenvalue weighted by atomic mass is 35.5. The van der Waals surface area contributed by atoms with Crippen LogP contribution in [0.3, 0.4) is 0 Å². The van der Waals surface area contributed by atoms with E-state index in [1.54, 1.807) is 45.7 Å². The van der Waals surface area contributed by atoms with Gasteiger partial charge in [-0.25, -0.2) is 0 Å². The fourth-order valence-corrected chi connectivity index (χ4v) is 2.08. The van der Waals surface area contributed by atoms with Crippen molar-refractivity contribution in [1.82, 2.24) is 0 Å². The Morgan fingerprint density at radius 1 is 1.00 bits per heavy atom. The summed E-state index contributed by atoms with van der Waals surface area (Å²) < 4.78 is 15.9. The second-order valence-corrected chi connectivity index (χ2v) is 4.72. The van der Waals surface area contributed by atoms with Gasteiger partial charge in [-0.05, 0) is 24.3 Å². The van der Waals surface area contributed by atoms with Gasteiger partial charge in [-0.2, -0.15) is 5.10 Å². The first-order valence-electron chi connectivity index (χ1n) is 6.53. The summed E-state index contributed by atoms with van der Waals surface area (Å²) in [5.74, 6) is 1.68. The van der Waals surface area contributed by atoms with Crippen molar-refractivity contribution in [3.63, 3.8) is 0 Å². The third-order valence-corrected chi connectivity index (χ3v) is 3.29. The molecule has 1 N–H and O–H groups in total. The molecule has 0 radical (unpaired) electrons. The number of hydrogen-bond donors (Lipinski definition) is 1. The molecule has 2 aromatic carbocycles. The van der Waals surface area contributed by atoms with Gasteiger partial charge in [0.2, 0.25) is 5.75 Å². The fraction of sp³-hybridized carbons (Fsp3) is 0.188. The second kappa shape index (κ2) is 7.56. The molecule has 2 aromatic rings. The van der Waals surface area contributed by atoms with Gasteiger partial charge in [-0.1, -0.05) is 23.7 Å². The zero-order valence-corrected chi connectivity index (χ0v) is 13.3. The van der Waals surface area contributed by atoms with Crippen LogP contribution in [-0.4, -0.2) is 27.5 Å². The van der Waals surface area contributed by atoms with Crippen molar-refractivity contribution in [2.45, 2.75) is 0 Å². The van der Waals surface area contributed by atoms with E-state index in [4.69, 9.17) is 25.8 Å². The fourth-order valence-electron chi connectivity index (χ4n) is 1.90. The molecule has 0 bridgehead atoms. The highest BCUT2D eigenvalue weighted by molar-refractivity contribution is 6.33. The van der Waals surface area contributed by atoms with Gasteiger partial charge in [-0.15, -0.1) is 0 Å². The molecule has 0 aliphatic heterocycles. The zero-order valence-electron chi connectivity index (χ0n) is 12.6. The molecule has 0 aliphatic rings. The Labute approximate surface area is 134 Å². The number of hydrogen-bond acceptors (Lipinski definition) is 5. The van der Waals surface area contributed by atoms with Crippen LogP contribution in [0.2, 0.25) is 5.02 Å². The number of methoxy groups -OCH3 is 3. The van der Waals surface area contributed by atoms with Gasteiger partial charge in [0.25, 0.3) is 0 Å². The van der Waals surface area contributed by atoms with Crippen molar-refractivity contribution in [2.24, 2.45) is 5.10 Å². The molecule has 0 aromatic heterocycles. The summed E-state index contributed by atoms with van der Waals surface area (Å²) in [6.45, 7) is 0. The van der Waals surface area contributed by atoms with Crippen LogP contribution < -0.4 is 19.6 Å². The number of rotatable bonds is 6. The van der Waals surface area contributed by atoms with Crippen molar-refractivity contribution in [3.8, 4) is 17.2 Å². The highest BCUT2D eigenvalue weighted by Gasteiger charge is 2.12. The predicted octanol–water partition coefficient (Wildman–Crippen LogP) is 3.81. The van der Waals surface area contributed by atoms with E-state index < -0.39 is 0 Å². The summed E-state index contributed by atoms with van der Waals surface area (Å²) in [5, 5.41) is 4.77. The molecular weight excluding hydrogens is 304 g/mol. The molecule has 22 heavy (non-hydrogen) atoms. The molecule has 0 unspecified atom stereocenters. The Morgan fingerprint density at radius 3 is 2.18 bits per heavy atom. The van der Waals surface area contributed by atoms with Crippen LogP contribution in [-0.2, 0) is 0 Å². The monoisotopic (exact) mass is 320 g/mol. The molecule has 0 amide bonds. The third kappa shape index (κ3) is 3.62. The van der Waals surface area contributed by atoms with Crippen molar-refractivity contribution in [1.29, 1.82) is 0 Å². The molecule has 0 atom stereocenters. The lowest BCUT2D eigenvalue weighted by Crippen LogP contribution is -1.97. The molecule has 0 aliphatic carbocycles. The molecule has 2 rings (SSSR count). The van der Waals surface area contributed by atoms with Gasteiger partial charge in [-0.3, -0.25) is 5.43 Å². The Hall–Kier alpha value is -2.40. The van der Waals surface area contributed by atoms with Gasteiger partial charge in [0.1, 0.15) is 0 Å². The average Bonchev–Trinajstić information content (AvgIpc) is 2.55. The minimum absolute atomic E-state index is 0.543. The number of nitrogens with one attached hydrogen (secondary N) is 1. The number of halogens is 1. The van der Waals surface area contributed by atoms with Crippen LogP contribution in [0.15, 0.2) is 41.5 Å². The van der Waals surface area contributed by atoms with E-state index >= 15 is 0 Å². The molecule has 0 fully saturated rings. The largest absolute Gasteiger partial charge is 0.493 e. The maximum Gasteiger partial charge on any atom is 0.203 e. The Balaban J connectivity index is 2.22. The van der Waals surface area contributed by atoms with E-state index in [0.29, 0.717) is 22.3 Å². The van der Waals surface area contributed by atoms with E-state index in [-0.39, 0.29) is 0 Å². The smallest absolute Gasteiger partial charge is 0.203 e. The van der Waals surface area contributed by atoms with Crippen LogP contribution in [0.1, 0.15) is 5.56 Å². The summed E-state index contributed by atoms with van der Waals surface area (Å²) in [6.07, 6.45) is 1.65. The SMILES string of the molecule is COc1cc(/C=N/Nc2ccccc2Cl)cc(OC)c1OC. The zero-order chi connectivity index (χ0) is 15.9. The van der Waals surface area contributed by atoms with Gasteiger partial charge in [0.05, 0.1) is 38.3 Å². The van der Waals surface area contributed by atoms with Crippen molar-refractivity contribution < 1.29 is 14.2 Å². The van der Waals surface area contributed by atoms with Crippen LogP contribution >= 0.6 is 11.6 Å². The molecule has 0 saturated carbocycles. The number of benzene rings is 2. The summed E-state index contributed by atoms with van der Waals surface area (Å²) in [4.78, 5) is 0. The van der Waals surface area contributed by atoms with Gasteiger partial charge >= 0.3 is 0 Å². The lowest BCUT2D eigenvalue weighted by molar-refractivity contribution is 0.324. The second-order valence-electron chi connectivity index (χ2n) is 4.31. The van der Waals surface area contributed by atoms with Crippen molar-refractivity contribution in [3.05, 3.63) is 47.0 Å². The number of anilines is 1. The van der Waals surface area contributed by atoms with Crippen LogP contribution in [0.5, 0.6) is 17.2 Å². The molecule has 0 heterocycles. The predicted molar refractivity (Wildman–Crippen MR) is 88.8 cm³/mol. The van der Waals surface area contributed by atoms with E-state index in [2.05, 4.69) is 10.5 Å². The number of hydrazone groups is 1. The molecule has 0 spiro atoms. The third-order valence-electron chi connectivity index (χ3n) is 2.96. The maximum atomic E-state index is 6.05. The number of para-hydroxylation sites is 1. The first-order chi connectivity index (χ1) is 10.7.